The summed E-state index contributed by atoms with van der Waals surface area (Å²) in [6.45, 7) is 0. The monoisotopic (exact) mass is 469 g/mol. The maximum absolute atomic E-state index is 12.5. The molecule has 0 unspecified atom stereocenters. The number of hydrogen-bond donors (Lipinski definition) is 3. The van der Waals surface area contributed by atoms with E-state index in [1.54, 1.807) is 66.7 Å². The second kappa shape index (κ2) is 10.2. The van der Waals surface area contributed by atoms with Crippen molar-refractivity contribution in [3.63, 3.8) is 0 Å². The standard InChI is InChI=1S/C23H20ClN3O4S/c1-25-32(30,31)19-13-6-16(7-14-19)8-15-22(28)26-20-4-2-3-5-21(20)27-23(29)17-9-11-18(24)12-10-17/h2-15,25H,1H3,(H,26,28)(H,27,29)/b15-8+. The summed E-state index contributed by atoms with van der Waals surface area (Å²) in [4.78, 5) is 25.0. The van der Waals surface area contributed by atoms with Gasteiger partial charge in [0.25, 0.3) is 5.91 Å². The summed E-state index contributed by atoms with van der Waals surface area (Å²) in [5, 5.41) is 6.02. The summed E-state index contributed by atoms with van der Waals surface area (Å²) in [5.41, 5.74) is 1.95. The number of benzene rings is 3. The molecule has 9 heteroatoms. The number of amides is 2. The second-order valence-corrected chi connectivity index (χ2v) is 8.93. The summed E-state index contributed by atoms with van der Waals surface area (Å²) in [6.07, 6.45) is 2.87. The summed E-state index contributed by atoms with van der Waals surface area (Å²) < 4.78 is 25.8. The molecule has 0 aliphatic carbocycles. The van der Waals surface area contributed by atoms with E-state index >= 15 is 0 Å². The van der Waals surface area contributed by atoms with Crippen molar-refractivity contribution in [3.8, 4) is 0 Å². The third kappa shape index (κ3) is 6.04. The predicted molar refractivity (Wildman–Crippen MR) is 126 cm³/mol. The Kier molecular flexibility index (Phi) is 7.42. The number of sulfonamides is 1. The molecule has 7 nitrogen and oxygen atoms in total. The molecule has 0 heterocycles. The normalized spacial score (nSPS) is 11.3. The minimum atomic E-state index is -3.52. The molecule has 0 fully saturated rings. The van der Waals surface area contributed by atoms with Gasteiger partial charge in [0.05, 0.1) is 16.3 Å². The predicted octanol–water partition coefficient (Wildman–Crippen LogP) is 4.15. The fourth-order valence-corrected chi connectivity index (χ4v) is 3.58. The zero-order chi connectivity index (χ0) is 23.1. The Morgan fingerprint density at radius 1 is 0.844 bits per heavy atom. The van der Waals surface area contributed by atoms with Gasteiger partial charge in [-0.1, -0.05) is 35.9 Å². The Labute approximate surface area is 191 Å². The second-order valence-electron chi connectivity index (χ2n) is 6.61. The highest BCUT2D eigenvalue weighted by atomic mass is 35.5. The van der Waals surface area contributed by atoms with Crippen LogP contribution in [0.25, 0.3) is 6.08 Å². The van der Waals surface area contributed by atoms with E-state index in [2.05, 4.69) is 15.4 Å². The van der Waals surface area contributed by atoms with Crippen LogP contribution in [0.2, 0.25) is 5.02 Å². The van der Waals surface area contributed by atoms with E-state index in [0.29, 0.717) is 27.5 Å². The zero-order valence-electron chi connectivity index (χ0n) is 17.0. The molecule has 32 heavy (non-hydrogen) atoms. The van der Waals surface area contributed by atoms with Gasteiger partial charge in [0.1, 0.15) is 0 Å². The van der Waals surface area contributed by atoms with E-state index in [9.17, 15) is 18.0 Å². The topological polar surface area (TPSA) is 104 Å². The highest BCUT2D eigenvalue weighted by Crippen LogP contribution is 2.22. The van der Waals surface area contributed by atoms with Crippen LogP contribution in [0, 0.1) is 0 Å². The molecule has 0 aliphatic rings. The molecule has 0 saturated heterocycles. The Morgan fingerprint density at radius 2 is 1.44 bits per heavy atom. The Hall–Kier alpha value is -3.46. The summed E-state index contributed by atoms with van der Waals surface area (Å²) in [7, 11) is -2.18. The average molecular weight is 470 g/mol. The van der Waals surface area contributed by atoms with Crippen molar-refractivity contribution in [2.45, 2.75) is 4.90 Å². The molecular weight excluding hydrogens is 450 g/mol. The Morgan fingerprint density at radius 3 is 2.03 bits per heavy atom. The number of carbonyl (C=O) groups is 2. The molecule has 0 bridgehead atoms. The zero-order valence-corrected chi connectivity index (χ0v) is 18.6. The highest BCUT2D eigenvalue weighted by Gasteiger charge is 2.11. The number of carbonyl (C=O) groups excluding carboxylic acids is 2. The first kappa shape index (κ1) is 23.2. The molecule has 0 aliphatic heterocycles. The molecule has 0 atom stereocenters. The number of rotatable bonds is 7. The number of hydrogen-bond acceptors (Lipinski definition) is 4. The van der Waals surface area contributed by atoms with Crippen LogP contribution >= 0.6 is 11.6 Å². The van der Waals surface area contributed by atoms with E-state index in [-0.39, 0.29) is 10.8 Å². The van der Waals surface area contributed by atoms with Crippen molar-refractivity contribution in [3.05, 3.63) is 95.0 Å². The van der Waals surface area contributed by atoms with Crippen molar-refractivity contribution in [2.24, 2.45) is 0 Å². The molecule has 0 saturated carbocycles. The lowest BCUT2D eigenvalue weighted by molar-refractivity contribution is -0.111. The first-order chi connectivity index (χ1) is 15.3. The van der Waals surface area contributed by atoms with Crippen LogP contribution in [0.5, 0.6) is 0 Å². The molecule has 3 aromatic rings. The number of anilines is 2. The lowest BCUT2D eigenvalue weighted by Gasteiger charge is -2.11. The van der Waals surface area contributed by atoms with Crippen molar-refractivity contribution in [2.75, 3.05) is 17.7 Å². The largest absolute Gasteiger partial charge is 0.321 e. The van der Waals surface area contributed by atoms with Gasteiger partial charge in [0.2, 0.25) is 15.9 Å². The maximum Gasteiger partial charge on any atom is 0.255 e. The third-order valence-corrected chi connectivity index (χ3v) is 6.11. The van der Waals surface area contributed by atoms with Crippen LogP contribution < -0.4 is 15.4 Å². The van der Waals surface area contributed by atoms with Crippen molar-refractivity contribution < 1.29 is 18.0 Å². The molecular formula is C23H20ClN3O4S. The van der Waals surface area contributed by atoms with Gasteiger partial charge < -0.3 is 10.6 Å². The van der Waals surface area contributed by atoms with Crippen LogP contribution in [0.1, 0.15) is 15.9 Å². The molecule has 0 aromatic heterocycles. The summed E-state index contributed by atoms with van der Waals surface area (Å²) in [5.74, 6) is -0.749. The fourth-order valence-electron chi connectivity index (χ4n) is 2.72. The van der Waals surface area contributed by atoms with E-state index in [4.69, 9.17) is 11.6 Å². The van der Waals surface area contributed by atoms with Gasteiger partial charge in [0.15, 0.2) is 0 Å². The number of halogens is 1. The van der Waals surface area contributed by atoms with E-state index in [1.165, 1.54) is 25.3 Å². The van der Waals surface area contributed by atoms with Gasteiger partial charge in [0, 0.05) is 16.7 Å². The van der Waals surface area contributed by atoms with Gasteiger partial charge in [-0.05, 0) is 67.2 Å². The van der Waals surface area contributed by atoms with E-state index < -0.39 is 15.9 Å². The average Bonchev–Trinajstić information content (AvgIpc) is 2.79. The molecule has 2 amide bonds. The van der Waals surface area contributed by atoms with Gasteiger partial charge in [-0.15, -0.1) is 0 Å². The van der Waals surface area contributed by atoms with Crippen LogP contribution in [0.4, 0.5) is 11.4 Å². The van der Waals surface area contributed by atoms with Crippen molar-refractivity contribution in [1.29, 1.82) is 0 Å². The number of para-hydroxylation sites is 2. The lowest BCUT2D eigenvalue weighted by atomic mass is 10.2. The minimum Gasteiger partial charge on any atom is -0.321 e. The Balaban J connectivity index is 1.68. The van der Waals surface area contributed by atoms with Gasteiger partial charge in [-0.3, -0.25) is 9.59 Å². The van der Waals surface area contributed by atoms with Crippen LogP contribution in [-0.4, -0.2) is 27.3 Å². The first-order valence-corrected chi connectivity index (χ1v) is 11.3. The maximum atomic E-state index is 12.5. The van der Waals surface area contributed by atoms with Crippen LogP contribution in [-0.2, 0) is 14.8 Å². The van der Waals surface area contributed by atoms with E-state index in [0.717, 1.165) is 0 Å². The van der Waals surface area contributed by atoms with E-state index in [1.807, 2.05) is 0 Å². The number of nitrogens with one attached hydrogen (secondary N) is 3. The SMILES string of the molecule is CNS(=O)(=O)c1ccc(/C=C/C(=O)Nc2ccccc2NC(=O)c2ccc(Cl)cc2)cc1. The smallest absolute Gasteiger partial charge is 0.255 e. The highest BCUT2D eigenvalue weighted by molar-refractivity contribution is 7.89. The lowest BCUT2D eigenvalue weighted by Crippen LogP contribution is -2.18. The van der Waals surface area contributed by atoms with Gasteiger partial charge >= 0.3 is 0 Å². The molecule has 0 radical (unpaired) electrons. The molecule has 0 spiro atoms. The van der Waals surface area contributed by atoms with Crippen LogP contribution in [0.3, 0.4) is 0 Å². The summed E-state index contributed by atoms with van der Waals surface area (Å²) in [6, 6.07) is 19.4. The minimum absolute atomic E-state index is 0.131. The molecule has 3 aromatic carbocycles. The first-order valence-electron chi connectivity index (χ1n) is 9.47. The van der Waals surface area contributed by atoms with Crippen molar-refractivity contribution in [1.82, 2.24) is 4.72 Å². The summed E-state index contributed by atoms with van der Waals surface area (Å²) >= 11 is 5.85. The van der Waals surface area contributed by atoms with Gasteiger partial charge in [-0.25, -0.2) is 13.1 Å². The van der Waals surface area contributed by atoms with Crippen molar-refractivity contribution >= 4 is 50.9 Å². The molecule has 164 valence electrons. The van der Waals surface area contributed by atoms with Crippen LogP contribution in [0.15, 0.2) is 83.8 Å². The third-order valence-electron chi connectivity index (χ3n) is 4.43. The fraction of sp³-hybridized carbons (Fsp3) is 0.0435. The Bertz CT molecular complexity index is 1260. The van der Waals surface area contributed by atoms with Gasteiger partial charge in [-0.2, -0.15) is 0 Å². The molecule has 3 rings (SSSR count). The molecule has 3 N–H and O–H groups in total. The quantitative estimate of drug-likeness (QED) is 0.452.